The van der Waals surface area contributed by atoms with Gasteiger partial charge in [-0.2, -0.15) is 0 Å². The van der Waals surface area contributed by atoms with Gasteiger partial charge in [-0.25, -0.2) is 9.97 Å². The van der Waals surface area contributed by atoms with Crippen LogP contribution in [0.1, 0.15) is 32.0 Å². The van der Waals surface area contributed by atoms with Crippen LogP contribution in [0.3, 0.4) is 0 Å². The zero-order valence-electron chi connectivity index (χ0n) is 10.2. The highest BCUT2D eigenvalue weighted by atomic mass is 79.9. The van der Waals surface area contributed by atoms with Crippen molar-refractivity contribution < 1.29 is 9.90 Å². The largest absolute Gasteiger partial charge is 0.481 e. The van der Waals surface area contributed by atoms with Gasteiger partial charge in [0.05, 0.1) is 6.42 Å². The molecule has 0 unspecified atom stereocenters. The van der Waals surface area contributed by atoms with E-state index in [-0.39, 0.29) is 12.3 Å². The summed E-state index contributed by atoms with van der Waals surface area (Å²) in [6.07, 6.45) is 1.77. The summed E-state index contributed by atoms with van der Waals surface area (Å²) in [4.78, 5) is 19.6. The monoisotopic (exact) mass is 311 g/mol. The Kier molecular flexibility index (Phi) is 3.65. The highest BCUT2D eigenvalue weighted by molar-refractivity contribution is 9.10. The van der Waals surface area contributed by atoms with Gasteiger partial charge in [-0.05, 0) is 22.0 Å². The molecule has 2 heterocycles. The van der Waals surface area contributed by atoms with E-state index in [9.17, 15) is 4.79 Å². The average Bonchev–Trinajstić information content (AvgIpc) is 2.64. The van der Waals surface area contributed by atoms with Crippen molar-refractivity contribution >= 4 is 33.1 Å². The maximum atomic E-state index is 10.7. The van der Waals surface area contributed by atoms with Crippen LogP contribution >= 0.6 is 15.9 Å². The fourth-order valence-corrected chi connectivity index (χ4v) is 2.19. The Hall–Kier alpha value is -1.43. The molecule has 0 aliphatic rings. The van der Waals surface area contributed by atoms with E-state index in [0.717, 1.165) is 21.5 Å². The van der Waals surface area contributed by atoms with Gasteiger partial charge in [-0.1, -0.05) is 13.8 Å². The van der Waals surface area contributed by atoms with Gasteiger partial charge < -0.3 is 9.67 Å². The Morgan fingerprint density at radius 1 is 1.56 bits per heavy atom. The first kappa shape index (κ1) is 13.0. The molecule has 2 aromatic rings. The third-order valence-electron chi connectivity index (χ3n) is 2.65. The SMILES string of the molecule is CC(C)c1nc2cc(Br)cnc2n1CCC(=O)O. The van der Waals surface area contributed by atoms with E-state index in [1.807, 2.05) is 24.5 Å². The molecule has 0 aliphatic heterocycles. The number of aryl methyl sites for hydroxylation is 1. The number of carboxylic acid groups (broad SMARTS) is 1. The number of rotatable bonds is 4. The molecule has 0 saturated carbocycles. The Labute approximate surface area is 113 Å². The number of hydrogen-bond acceptors (Lipinski definition) is 3. The second-order valence-electron chi connectivity index (χ2n) is 4.42. The van der Waals surface area contributed by atoms with Crippen molar-refractivity contribution in [1.29, 1.82) is 0 Å². The summed E-state index contributed by atoms with van der Waals surface area (Å²) in [5, 5.41) is 8.80. The first-order valence-electron chi connectivity index (χ1n) is 5.72. The highest BCUT2D eigenvalue weighted by Crippen LogP contribution is 2.23. The van der Waals surface area contributed by atoms with Gasteiger partial charge in [0.1, 0.15) is 11.3 Å². The zero-order valence-corrected chi connectivity index (χ0v) is 11.8. The van der Waals surface area contributed by atoms with Crippen LogP contribution in [-0.2, 0) is 11.3 Å². The molecule has 0 aliphatic carbocycles. The first-order chi connectivity index (χ1) is 8.49. The summed E-state index contributed by atoms with van der Waals surface area (Å²) in [6.45, 7) is 4.47. The number of carboxylic acids is 1. The van der Waals surface area contributed by atoms with Crippen LogP contribution in [-0.4, -0.2) is 25.6 Å². The molecule has 0 atom stereocenters. The summed E-state index contributed by atoms with van der Waals surface area (Å²) in [6, 6.07) is 1.89. The summed E-state index contributed by atoms with van der Waals surface area (Å²) in [5.74, 6) is 0.285. The molecule has 1 N–H and O–H groups in total. The Morgan fingerprint density at radius 3 is 2.89 bits per heavy atom. The van der Waals surface area contributed by atoms with Crippen LogP contribution in [0.25, 0.3) is 11.2 Å². The molecule has 0 saturated heterocycles. The van der Waals surface area contributed by atoms with Gasteiger partial charge in [0, 0.05) is 23.1 Å². The van der Waals surface area contributed by atoms with E-state index in [0.29, 0.717) is 6.54 Å². The molecule has 2 aromatic heterocycles. The minimum atomic E-state index is -0.816. The maximum absolute atomic E-state index is 10.7. The second kappa shape index (κ2) is 5.06. The van der Waals surface area contributed by atoms with Gasteiger partial charge in [0.25, 0.3) is 0 Å². The minimum absolute atomic E-state index is 0.0723. The van der Waals surface area contributed by atoms with E-state index < -0.39 is 5.97 Å². The van der Waals surface area contributed by atoms with Crippen molar-refractivity contribution in [3.63, 3.8) is 0 Å². The van der Waals surface area contributed by atoms with Crippen molar-refractivity contribution in [1.82, 2.24) is 14.5 Å². The fourth-order valence-electron chi connectivity index (χ4n) is 1.87. The average molecular weight is 312 g/mol. The number of pyridine rings is 1. The van der Waals surface area contributed by atoms with Crippen molar-refractivity contribution in [2.75, 3.05) is 0 Å². The standard InChI is InChI=1S/C12H14BrN3O2/c1-7(2)11-15-9-5-8(13)6-14-12(9)16(11)4-3-10(17)18/h5-7H,3-4H2,1-2H3,(H,17,18). The minimum Gasteiger partial charge on any atom is -0.481 e. The molecule has 5 nitrogen and oxygen atoms in total. The number of hydrogen-bond donors (Lipinski definition) is 1. The molecule has 0 bridgehead atoms. The maximum Gasteiger partial charge on any atom is 0.305 e. The third-order valence-corrected chi connectivity index (χ3v) is 3.08. The van der Waals surface area contributed by atoms with Gasteiger partial charge in [0.2, 0.25) is 0 Å². The molecule has 18 heavy (non-hydrogen) atoms. The van der Waals surface area contributed by atoms with Gasteiger partial charge in [-0.15, -0.1) is 0 Å². The summed E-state index contributed by atoms with van der Waals surface area (Å²) in [7, 11) is 0. The number of aliphatic carboxylic acids is 1. The fraction of sp³-hybridized carbons (Fsp3) is 0.417. The number of imidazole rings is 1. The van der Waals surface area contributed by atoms with Crippen LogP contribution in [0.15, 0.2) is 16.7 Å². The molecule has 0 spiro atoms. The molecule has 6 heteroatoms. The number of aromatic nitrogens is 3. The number of halogens is 1. The molecule has 0 amide bonds. The lowest BCUT2D eigenvalue weighted by Gasteiger charge is -2.09. The first-order valence-corrected chi connectivity index (χ1v) is 6.52. The molecule has 0 fully saturated rings. The van der Waals surface area contributed by atoms with Crippen LogP contribution in [0, 0.1) is 0 Å². The van der Waals surface area contributed by atoms with E-state index in [1.165, 1.54) is 0 Å². The second-order valence-corrected chi connectivity index (χ2v) is 5.33. The van der Waals surface area contributed by atoms with Crippen LogP contribution in [0.5, 0.6) is 0 Å². The predicted octanol–water partition coefficient (Wildman–Crippen LogP) is 2.79. The number of nitrogens with zero attached hydrogens (tertiary/aromatic N) is 3. The van der Waals surface area contributed by atoms with E-state index in [1.54, 1.807) is 6.20 Å². The van der Waals surface area contributed by atoms with E-state index in [2.05, 4.69) is 25.9 Å². The summed E-state index contributed by atoms with van der Waals surface area (Å²) >= 11 is 3.36. The highest BCUT2D eigenvalue weighted by Gasteiger charge is 2.15. The predicted molar refractivity (Wildman–Crippen MR) is 71.6 cm³/mol. The van der Waals surface area contributed by atoms with Crippen LogP contribution < -0.4 is 0 Å². The number of fused-ring (bicyclic) bond motifs is 1. The quantitative estimate of drug-likeness (QED) is 0.942. The van der Waals surface area contributed by atoms with E-state index >= 15 is 0 Å². The van der Waals surface area contributed by atoms with Gasteiger partial charge >= 0.3 is 5.97 Å². The van der Waals surface area contributed by atoms with Crippen molar-refractivity contribution in [2.45, 2.75) is 32.7 Å². The molecule has 0 aromatic carbocycles. The summed E-state index contributed by atoms with van der Waals surface area (Å²) in [5.41, 5.74) is 1.53. The Bertz CT molecular complexity index is 592. The molecule has 96 valence electrons. The van der Waals surface area contributed by atoms with E-state index in [4.69, 9.17) is 5.11 Å². The third kappa shape index (κ3) is 2.53. The Morgan fingerprint density at radius 2 is 2.28 bits per heavy atom. The van der Waals surface area contributed by atoms with Crippen molar-refractivity contribution in [3.05, 3.63) is 22.6 Å². The topological polar surface area (TPSA) is 68.0 Å². The van der Waals surface area contributed by atoms with Crippen molar-refractivity contribution in [3.8, 4) is 0 Å². The number of carbonyl (C=O) groups is 1. The lowest BCUT2D eigenvalue weighted by atomic mass is 10.2. The molecule has 0 radical (unpaired) electrons. The van der Waals surface area contributed by atoms with Crippen LogP contribution in [0.4, 0.5) is 0 Å². The molecular formula is C12H14BrN3O2. The zero-order chi connectivity index (χ0) is 13.3. The van der Waals surface area contributed by atoms with Gasteiger partial charge in [-0.3, -0.25) is 4.79 Å². The van der Waals surface area contributed by atoms with Gasteiger partial charge in [0.15, 0.2) is 5.65 Å². The molecular weight excluding hydrogens is 298 g/mol. The summed E-state index contributed by atoms with van der Waals surface area (Å²) < 4.78 is 2.76. The lowest BCUT2D eigenvalue weighted by Crippen LogP contribution is -2.09. The lowest BCUT2D eigenvalue weighted by molar-refractivity contribution is -0.137. The van der Waals surface area contributed by atoms with Crippen molar-refractivity contribution in [2.24, 2.45) is 0 Å². The molecule has 2 rings (SSSR count). The normalized spacial score (nSPS) is 11.3. The smallest absolute Gasteiger partial charge is 0.305 e. The van der Waals surface area contributed by atoms with Crippen LogP contribution in [0.2, 0.25) is 0 Å². The Balaban J connectivity index is 2.52.